The van der Waals surface area contributed by atoms with Gasteiger partial charge in [-0.2, -0.15) is 0 Å². The zero-order valence-corrected chi connectivity index (χ0v) is 8.66. The summed E-state index contributed by atoms with van der Waals surface area (Å²) in [6.07, 6.45) is 0. The molecule has 0 fully saturated rings. The molecule has 3 N–H and O–H groups in total. The molecule has 0 saturated carbocycles. The van der Waals surface area contributed by atoms with Crippen molar-refractivity contribution in [2.24, 2.45) is 5.92 Å². The Kier molecular flexibility index (Phi) is 3.77. The van der Waals surface area contributed by atoms with Crippen molar-refractivity contribution in [3.8, 4) is 5.75 Å². The van der Waals surface area contributed by atoms with Crippen LogP contribution in [0, 0.1) is 12.8 Å². The third-order valence-electron chi connectivity index (χ3n) is 2.00. The van der Waals surface area contributed by atoms with E-state index in [1.807, 2.05) is 32.0 Å². The third-order valence-corrected chi connectivity index (χ3v) is 2.00. The van der Waals surface area contributed by atoms with E-state index in [0.717, 1.165) is 5.56 Å². The largest absolute Gasteiger partial charge is 0.491 e. The lowest BCUT2D eigenvalue weighted by atomic mass is 10.2. The summed E-state index contributed by atoms with van der Waals surface area (Å²) in [6, 6.07) is 5.67. The number of nitrogen functional groups attached to an aromatic ring is 1. The average Bonchev–Trinajstić information content (AvgIpc) is 2.19. The van der Waals surface area contributed by atoms with Crippen LogP contribution in [0.15, 0.2) is 18.2 Å². The van der Waals surface area contributed by atoms with E-state index in [1.165, 1.54) is 0 Å². The summed E-state index contributed by atoms with van der Waals surface area (Å²) in [6.45, 7) is 4.53. The maximum Gasteiger partial charge on any atom is 0.142 e. The smallest absolute Gasteiger partial charge is 0.142 e. The molecule has 1 atom stereocenters. The van der Waals surface area contributed by atoms with Crippen LogP contribution in [0.4, 0.5) is 5.69 Å². The van der Waals surface area contributed by atoms with Crippen LogP contribution < -0.4 is 10.5 Å². The summed E-state index contributed by atoms with van der Waals surface area (Å²) in [5, 5.41) is 8.83. The highest BCUT2D eigenvalue weighted by atomic mass is 16.5. The lowest BCUT2D eigenvalue weighted by molar-refractivity contribution is 0.175. The molecule has 0 radical (unpaired) electrons. The molecule has 1 unspecified atom stereocenters. The van der Waals surface area contributed by atoms with Gasteiger partial charge in [0.1, 0.15) is 5.75 Å². The molecule has 0 heterocycles. The highest BCUT2D eigenvalue weighted by Crippen LogP contribution is 2.22. The van der Waals surface area contributed by atoms with Crippen LogP contribution in [-0.4, -0.2) is 18.3 Å². The van der Waals surface area contributed by atoms with E-state index in [9.17, 15) is 0 Å². The lowest BCUT2D eigenvalue weighted by Crippen LogP contribution is -2.12. The zero-order chi connectivity index (χ0) is 10.6. The van der Waals surface area contributed by atoms with Gasteiger partial charge in [0.2, 0.25) is 0 Å². The molecule has 14 heavy (non-hydrogen) atoms. The normalized spacial score (nSPS) is 12.5. The summed E-state index contributed by atoms with van der Waals surface area (Å²) in [4.78, 5) is 0. The van der Waals surface area contributed by atoms with E-state index in [1.54, 1.807) is 0 Å². The van der Waals surface area contributed by atoms with Crippen molar-refractivity contribution >= 4 is 5.69 Å². The Balaban J connectivity index is 2.62. The number of ether oxygens (including phenoxy) is 1. The molecule has 1 rings (SSSR count). The molecule has 3 nitrogen and oxygen atoms in total. The van der Waals surface area contributed by atoms with E-state index in [4.69, 9.17) is 15.6 Å². The number of hydrogen-bond donors (Lipinski definition) is 2. The number of nitrogens with two attached hydrogens (primary N) is 1. The number of aliphatic hydroxyl groups is 1. The highest BCUT2D eigenvalue weighted by Gasteiger charge is 2.04. The van der Waals surface area contributed by atoms with E-state index >= 15 is 0 Å². The van der Waals surface area contributed by atoms with Gasteiger partial charge in [0.05, 0.1) is 12.3 Å². The van der Waals surface area contributed by atoms with Crippen LogP contribution in [0.25, 0.3) is 0 Å². The molecule has 0 aromatic heterocycles. The van der Waals surface area contributed by atoms with Crippen molar-refractivity contribution in [1.82, 2.24) is 0 Å². The lowest BCUT2D eigenvalue weighted by Gasteiger charge is -2.12. The van der Waals surface area contributed by atoms with Crippen molar-refractivity contribution in [1.29, 1.82) is 0 Å². The fourth-order valence-corrected chi connectivity index (χ4v) is 1.05. The Morgan fingerprint density at radius 3 is 2.86 bits per heavy atom. The second-order valence-electron chi connectivity index (χ2n) is 3.64. The summed E-state index contributed by atoms with van der Waals surface area (Å²) >= 11 is 0. The standard InChI is InChI=1S/C11H17NO2/c1-8-3-4-10(12)11(5-8)14-7-9(2)6-13/h3-5,9,13H,6-7,12H2,1-2H3. The fraction of sp³-hybridized carbons (Fsp3) is 0.455. The minimum atomic E-state index is 0.131. The van der Waals surface area contributed by atoms with Gasteiger partial charge in [0.25, 0.3) is 0 Å². The number of aliphatic hydroxyl groups excluding tert-OH is 1. The Bertz CT molecular complexity index is 299. The quantitative estimate of drug-likeness (QED) is 0.717. The second kappa shape index (κ2) is 4.86. The molecule has 1 aromatic carbocycles. The predicted molar refractivity (Wildman–Crippen MR) is 57.3 cm³/mol. The monoisotopic (exact) mass is 195 g/mol. The van der Waals surface area contributed by atoms with Crippen molar-refractivity contribution in [3.05, 3.63) is 23.8 Å². The molecule has 0 bridgehead atoms. The van der Waals surface area contributed by atoms with Crippen molar-refractivity contribution in [2.45, 2.75) is 13.8 Å². The van der Waals surface area contributed by atoms with E-state index in [2.05, 4.69) is 0 Å². The van der Waals surface area contributed by atoms with Gasteiger partial charge < -0.3 is 15.6 Å². The third kappa shape index (κ3) is 2.92. The van der Waals surface area contributed by atoms with Crippen LogP contribution in [0.1, 0.15) is 12.5 Å². The highest BCUT2D eigenvalue weighted by molar-refractivity contribution is 5.53. The molecule has 78 valence electrons. The fourth-order valence-electron chi connectivity index (χ4n) is 1.05. The molecule has 0 aliphatic rings. The molecule has 0 aliphatic carbocycles. The minimum absolute atomic E-state index is 0.131. The van der Waals surface area contributed by atoms with Gasteiger partial charge in [-0.05, 0) is 24.6 Å². The molecular weight excluding hydrogens is 178 g/mol. The molecule has 3 heteroatoms. The summed E-state index contributed by atoms with van der Waals surface area (Å²) < 4.78 is 5.49. The summed E-state index contributed by atoms with van der Waals surface area (Å²) in [5.41, 5.74) is 7.49. The maximum atomic E-state index is 8.83. The van der Waals surface area contributed by atoms with Crippen LogP contribution in [0.2, 0.25) is 0 Å². The van der Waals surface area contributed by atoms with Crippen LogP contribution in [0.3, 0.4) is 0 Å². The Morgan fingerprint density at radius 1 is 1.50 bits per heavy atom. The van der Waals surface area contributed by atoms with Crippen molar-refractivity contribution in [2.75, 3.05) is 18.9 Å². The maximum absolute atomic E-state index is 8.83. The Hall–Kier alpha value is -1.22. The summed E-state index contributed by atoms with van der Waals surface area (Å²) in [5.74, 6) is 0.834. The number of rotatable bonds is 4. The van der Waals surface area contributed by atoms with Gasteiger partial charge in [-0.25, -0.2) is 0 Å². The zero-order valence-electron chi connectivity index (χ0n) is 8.66. The van der Waals surface area contributed by atoms with Gasteiger partial charge in [0, 0.05) is 12.5 Å². The number of aryl methyl sites for hydroxylation is 1. The van der Waals surface area contributed by atoms with Crippen LogP contribution >= 0.6 is 0 Å². The van der Waals surface area contributed by atoms with Crippen molar-refractivity contribution < 1.29 is 9.84 Å². The Morgan fingerprint density at radius 2 is 2.21 bits per heavy atom. The first-order chi connectivity index (χ1) is 6.63. The average molecular weight is 195 g/mol. The number of benzene rings is 1. The van der Waals surface area contributed by atoms with Gasteiger partial charge >= 0.3 is 0 Å². The number of anilines is 1. The first kappa shape index (κ1) is 10.9. The molecule has 0 spiro atoms. The molecule has 0 saturated heterocycles. The van der Waals surface area contributed by atoms with Crippen LogP contribution in [0.5, 0.6) is 5.75 Å². The van der Waals surface area contributed by atoms with Crippen LogP contribution in [-0.2, 0) is 0 Å². The number of hydrogen-bond acceptors (Lipinski definition) is 3. The first-order valence-corrected chi connectivity index (χ1v) is 4.73. The van der Waals surface area contributed by atoms with Gasteiger partial charge in [-0.3, -0.25) is 0 Å². The first-order valence-electron chi connectivity index (χ1n) is 4.73. The van der Waals surface area contributed by atoms with Gasteiger partial charge in [-0.1, -0.05) is 13.0 Å². The SMILES string of the molecule is Cc1ccc(N)c(OCC(C)CO)c1. The molecule has 1 aromatic rings. The second-order valence-corrected chi connectivity index (χ2v) is 3.64. The molecule has 0 amide bonds. The molecular formula is C11H17NO2. The predicted octanol–water partition coefficient (Wildman–Crippen LogP) is 1.58. The Labute approximate surface area is 84.5 Å². The van der Waals surface area contributed by atoms with Gasteiger partial charge in [-0.15, -0.1) is 0 Å². The van der Waals surface area contributed by atoms with E-state index in [-0.39, 0.29) is 12.5 Å². The molecule has 0 aliphatic heterocycles. The summed E-state index contributed by atoms with van der Waals surface area (Å²) in [7, 11) is 0. The van der Waals surface area contributed by atoms with Gasteiger partial charge in [0.15, 0.2) is 0 Å². The van der Waals surface area contributed by atoms with E-state index < -0.39 is 0 Å². The minimum Gasteiger partial charge on any atom is -0.491 e. The topological polar surface area (TPSA) is 55.5 Å². The van der Waals surface area contributed by atoms with E-state index in [0.29, 0.717) is 18.0 Å². The van der Waals surface area contributed by atoms with Crippen molar-refractivity contribution in [3.63, 3.8) is 0 Å².